The van der Waals surface area contributed by atoms with E-state index in [2.05, 4.69) is 4.98 Å². The van der Waals surface area contributed by atoms with Crippen molar-refractivity contribution >= 4 is 11.6 Å². The minimum Gasteiger partial charge on any atom is -0.493 e. The number of aryl methyl sites for hydroxylation is 1. The molecule has 0 atom stereocenters. The van der Waals surface area contributed by atoms with Gasteiger partial charge in [0.25, 0.3) is 0 Å². The molecule has 0 spiro atoms. The Bertz CT molecular complexity index is 336. The minimum absolute atomic E-state index is 0.499. The van der Waals surface area contributed by atoms with Gasteiger partial charge in [0.1, 0.15) is 10.9 Å². The summed E-state index contributed by atoms with van der Waals surface area (Å²) in [4.78, 5) is 4.00. The van der Waals surface area contributed by atoms with Crippen LogP contribution in [0.4, 0.5) is 0 Å². The number of halogens is 1. The average molecular weight is 226 g/mol. The molecule has 2 nitrogen and oxygen atoms in total. The highest BCUT2D eigenvalue weighted by molar-refractivity contribution is 6.29. The lowest BCUT2D eigenvalue weighted by Crippen LogP contribution is -2.14. The third-order valence-corrected chi connectivity index (χ3v) is 3.24. The molecule has 0 bridgehead atoms. The molecule has 1 fully saturated rings. The van der Waals surface area contributed by atoms with E-state index in [1.54, 1.807) is 12.3 Å². The summed E-state index contributed by atoms with van der Waals surface area (Å²) in [6.45, 7) is 2.79. The highest BCUT2D eigenvalue weighted by Gasteiger charge is 2.17. The van der Waals surface area contributed by atoms with Crippen molar-refractivity contribution in [2.75, 3.05) is 6.61 Å². The lowest BCUT2D eigenvalue weighted by atomic mass is 9.83. The average Bonchev–Trinajstić information content (AvgIpc) is 2.15. The normalized spacial score (nSPS) is 16.1. The topological polar surface area (TPSA) is 22.1 Å². The van der Waals surface area contributed by atoms with Gasteiger partial charge in [-0.1, -0.05) is 30.9 Å². The van der Waals surface area contributed by atoms with Crippen LogP contribution in [0.15, 0.2) is 12.3 Å². The maximum absolute atomic E-state index is 5.81. The van der Waals surface area contributed by atoms with E-state index >= 15 is 0 Å². The Hall–Kier alpha value is -0.760. The van der Waals surface area contributed by atoms with Crippen molar-refractivity contribution in [3.63, 3.8) is 0 Å². The zero-order valence-corrected chi connectivity index (χ0v) is 9.76. The second-order valence-electron chi connectivity index (χ2n) is 4.21. The van der Waals surface area contributed by atoms with Crippen molar-refractivity contribution in [3.05, 3.63) is 23.0 Å². The van der Waals surface area contributed by atoms with E-state index in [4.69, 9.17) is 16.3 Å². The first kappa shape index (κ1) is 10.7. The number of aromatic nitrogens is 1. The quantitative estimate of drug-likeness (QED) is 0.731. The molecule has 1 heterocycles. The van der Waals surface area contributed by atoms with Crippen molar-refractivity contribution in [2.45, 2.75) is 32.6 Å². The molecule has 1 aromatic heterocycles. The number of nitrogens with zero attached hydrogens (tertiary/aromatic N) is 1. The van der Waals surface area contributed by atoms with Crippen molar-refractivity contribution in [1.29, 1.82) is 0 Å². The molecule has 1 saturated carbocycles. The molecule has 1 aromatic rings. The summed E-state index contributed by atoms with van der Waals surface area (Å²) >= 11 is 5.81. The van der Waals surface area contributed by atoms with Gasteiger partial charge in [-0.2, -0.15) is 0 Å². The van der Waals surface area contributed by atoms with E-state index in [0.717, 1.165) is 23.8 Å². The Kier molecular flexibility index (Phi) is 3.47. The van der Waals surface area contributed by atoms with E-state index < -0.39 is 0 Å². The maximum atomic E-state index is 5.81. The first-order chi connectivity index (χ1) is 7.25. The van der Waals surface area contributed by atoms with Crippen LogP contribution in [-0.2, 0) is 0 Å². The first-order valence-electron chi connectivity index (χ1n) is 5.50. The molecule has 0 radical (unpaired) electrons. The van der Waals surface area contributed by atoms with Crippen molar-refractivity contribution in [1.82, 2.24) is 4.98 Å². The molecule has 0 aliphatic heterocycles. The molecule has 0 aromatic carbocycles. The Morgan fingerprint density at radius 3 is 3.00 bits per heavy atom. The fourth-order valence-electron chi connectivity index (χ4n) is 1.75. The van der Waals surface area contributed by atoms with Crippen molar-refractivity contribution < 1.29 is 4.74 Å². The third-order valence-electron chi connectivity index (χ3n) is 3.03. The van der Waals surface area contributed by atoms with Crippen LogP contribution in [0.1, 0.15) is 31.2 Å². The predicted octanol–water partition coefficient (Wildman–Crippen LogP) is 3.61. The molecule has 0 amide bonds. The van der Waals surface area contributed by atoms with Crippen LogP contribution in [0.3, 0.4) is 0 Å². The molecule has 0 unspecified atom stereocenters. The molecular weight excluding hydrogens is 210 g/mol. The molecule has 0 saturated heterocycles. The lowest BCUT2D eigenvalue weighted by Gasteiger charge is -2.25. The second kappa shape index (κ2) is 4.84. The zero-order chi connectivity index (χ0) is 10.7. The third kappa shape index (κ3) is 2.85. The number of hydrogen-bond acceptors (Lipinski definition) is 2. The van der Waals surface area contributed by atoms with Crippen LogP contribution >= 0.6 is 11.6 Å². The fourth-order valence-corrected chi connectivity index (χ4v) is 1.90. The van der Waals surface area contributed by atoms with Gasteiger partial charge in [-0.3, -0.25) is 0 Å². The van der Waals surface area contributed by atoms with E-state index in [1.165, 1.54) is 25.7 Å². The monoisotopic (exact) mass is 225 g/mol. The smallest absolute Gasteiger partial charge is 0.132 e. The SMILES string of the molecule is Cc1cnc(Cl)cc1OCCC1CCC1. The molecule has 15 heavy (non-hydrogen) atoms. The Morgan fingerprint density at radius 1 is 1.53 bits per heavy atom. The largest absolute Gasteiger partial charge is 0.493 e. The van der Waals surface area contributed by atoms with Crippen LogP contribution < -0.4 is 4.74 Å². The summed E-state index contributed by atoms with van der Waals surface area (Å²) in [5.41, 5.74) is 1.05. The Morgan fingerprint density at radius 2 is 2.33 bits per heavy atom. The standard InChI is InChI=1S/C12H16ClNO/c1-9-8-14-12(13)7-11(9)15-6-5-10-3-2-4-10/h7-8,10H,2-6H2,1H3. The van der Waals surface area contributed by atoms with Crippen LogP contribution in [0.25, 0.3) is 0 Å². The van der Waals surface area contributed by atoms with Gasteiger partial charge in [0, 0.05) is 17.8 Å². The van der Waals surface area contributed by atoms with Crippen LogP contribution in [0.5, 0.6) is 5.75 Å². The highest BCUT2D eigenvalue weighted by Crippen LogP contribution is 2.29. The molecular formula is C12H16ClNO. The van der Waals surface area contributed by atoms with E-state index in [-0.39, 0.29) is 0 Å². The first-order valence-corrected chi connectivity index (χ1v) is 5.88. The molecule has 0 N–H and O–H groups in total. The van der Waals surface area contributed by atoms with Gasteiger partial charge in [-0.15, -0.1) is 0 Å². The van der Waals surface area contributed by atoms with Gasteiger partial charge in [0.2, 0.25) is 0 Å². The molecule has 3 heteroatoms. The van der Waals surface area contributed by atoms with Gasteiger partial charge in [0.15, 0.2) is 0 Å². The second-order valence-corrected chi connectivity index (χ2v) is 4.59. The predicted molar refractivity (Wildman–Crippen MR) is 61.4 cm³/mol. The number of pyridine rings is 1. The van der Waals surface area contributed by atoms with Crippen molar-refractivity contribution in [3.8, 4) is 5.75 Å². The van der Waals surface area contributed by atoms with Crippen molar-refractivity contribution in [2.24, 2.45) is 5.92 Å². The molecule has 1 aliphatic carbocycles. The Labute approximate surface area is 95.6 Å². The summed E-state index contributed by atoms with van der Waals surface area (Å²) in [6, 6.07) is 1.79. The Balaban J connectivity index is 1.83. The van der Waals surface area contributed by atoms with E-state index in [1.807, 2.05) is 6.92 Å². The summed E-state index contributed by atoms with van der Waals surface area (Å²) in [5, 5.41) is 0.499. The fraction of sp³-hybridized carbons (Fsp3) is 0.583. The van der Waals surface area contributed by atoms with Gasteiger partial charge in [-0.05, 0) is 19.3 Å². The maximum Gasteiger partial charge on any atom is 0.132 e. The zero-order valence-electron chi connectivity index (χ0n) is 9.00. The van der Waals surface area contributed by atoms with Crippen LogP contribution in [-0.4, -0.2) is 11.6 Å². The van der Waals surface area contributed by atoms with Gasteiger partial charge in [0.05, 0.1) is 6.61 Å². The van der Waals surface area contributed by atoms with Gasteiger partial charge < -0.3 is 4.74 Å². The number of ether oxygens (including phenoxy) is 1. The van der Waals surface area contributed by atoms with Gasteiger partial charge >= 0.3 is 0 Å². The molecule has 1 aliphatic rings. The molecule has 82 valence electrons. The van der Waals surface area contributed by atoms with Crippen LogP contribution in [0, 0.1) is 12.8 Å². The lowest BCUT2D eigenvalue weighted by molar-refractivity contribution is 0.221. The highest BCUT2D eigenvalue weighted by atomic mass is 35.5. The summed E-state index contributed by atoms with van der Waals surface area (Å²) < 4.78 is 5.70. The summed E-state index contributed by atoms with van der Waals surface area (Å²) in [7, 11) is 0. The number of hydrogen-bond donors (Lipinski definition) is 0. The molecule has 2 rings (SSSR count). The number of rotatable bonds is 4. The van der Waals surface area contributed by atoms with E-state index in [9.17, 15) is 0 Å². The minimum atomic E-state index is 0.499. The van der Waals surface area contributed by atoms with Gasteiger partial charge in [-0.25, -0.2) is 4.98 Å². The summed E-state index contributed by atoms with van der Waals surface area (Å²) in [6.07, 6.45) is 7.06. The van der Waals surface area contributed by atoms with Crippen LogP contribution in [0.2, 0.25) is 5.15 Å². The van der Waals surface area contributed by atoms with E-state index in [0.29, 0.717) is 5.15 Å². The summed E-state index contributed by atoms with van der Waals surface area (Å²) in [5.74, 6) is 1.76.